The molecule has 108 valence electrons. The zero-order chi connectivity index (χ0) is 14.6. The van der Waals surface area contributed by atoms with Gasteiger partial charge in [0.05, 0.1) is 0 Å². The molecule has 5 heteroatoms. The van der Waals surface area contributed by atoms with Crippen LogP contribution in [0.2, 0.25) is 0 Å². The van der Waals surface area contributed by atoms with Crippen LogP contribution < -0.4 is 11.1 Å². The van der Waals surface area contributed by atoms with Crippen molar-refractivity contribution in [3.8, 4) is 0 Å². The normalized spacial score (nSPS) is 11.9. The topological polar surface area (TPSA) is 60.0 Å². The fourth-order valence-electron chi connectivity index (χ4n) is 1.90. The highest BCUT2D eigenvalue weighted by Crippen LogP contribution is 2.19. The van der Waals surface area contributed by atoms with E-state index < -0.39 is 0 Å². The number of nitrogens with one attached hydrogen (secondary N) is 1. The van der Waals surface area contributed by atoms with Gasteiger partial charge >= 0.3 is 0 Å². The molecule has 0 bridgehead atoms. The van der Waals surface area contributed by atoms with Crippen LogP contribution in [0.25, 0.3) is 0 Å². The molecule has 0 saturated heterocycles. The van der Waals surface area contributed by atoms with Crippen molar-refractivity contribution in [2.24, 2.45) is 5.73 Å². The third-order valence-corrected chi connectivity index (χ3v) is 4.05. The van der Waals surface area contributed by atoms with Crippen LogP contribution in [-0.4, -0.2) is 22.6 Å². The van der Waals surface area contributed by atoms with E-state index in [0.29, 0.717) is 12.2 Å². The van der Waals surface area contributed by atoms with Crippen LogP contribution in [0.4, 0.5) is 0 Å². The Labute approximate surface area is 123 Å². The Morgan fingerprint density at radius 1 is 1.47 bits per heavy atom. The van der Waals surface area contributed by atoms with Gasteiger partial charge in [0, 0.05) is 28.8 Å². The number of nitrogens with zero attached hydrogens (tertiary/aromatic N) is 1. The van der Waals surface area contributed by atoms with Gasteiger partial charge in [-0.1, -0.05) is 13.8 Å². The maximum Gasteiger partial charge on any atom is 0.268 e. The first kappa shape index (κ1) is 16.2. The Morgan fingerprint density at radius 2 is 2.05 bits per heavy atom. The highest BCUT2D eigenvalue weighted by atomic mass is 79.9. The van der Waals surface area contributed by atoms with E-state index >= 15 is 0 Å². The first-order valence-electron chi connectivity index (χ1n) is 6.77. The van der Waals surface area contributed by atoms with E-state index in [1.807, 2.05) is 30.7 Å². The van der Waals surface area contributed by atoms with E-state index in [4.69, 9.17) is 5.73 Å². The molecule has 1 amide bonds. The van der Waals surface area contributed by atoms with E-state index in [0.717, 1.165) is 17.3 Å². The number of rotatable bonds is 6. The van der Waals surface area contributed by atoms with Crippen LogP contribution in [0.5, 0.6) is 0 Å². The molecule has 0 spiro atoms. The van der Waals surface area contributed by atoms with Crippen molar-refractivity contribution in [3.05, 3.63) is 22.4 Å². The minimum atomic E-state index is -0.317. The number of carbonyl (C=O) groups is 1. The van der Waals surface area contributed by atoms with Gasteiger partial charge in [0.25, 0.3) is 5.91 Å². The van der Waals surface area contributed by atoms with Gasteiger partial charge < -0.3 is 15.6 Å². The summed E-state index contributed by atoms with van der Waals surface area (Å²) in [6.07, 6.45) is 3.62. The molecule has 0 aromatic carbocycles. The third kappa shape index (κ3) is 4.08. The molecule has 1 aromatic heterocycles. The van der Waals surface area contributed by atoms with E-state index in [-0.39, 0.29) is 17.5 Å². The predicted molar refractivity (Wildman–Crippen MR) is 82.4 cm³/mol. The van der Waals surface area contributed by atoms with Crippen LogP contribution in [0.1, 0.15) is 57.1 Å². The van der Waals surface area contributed by atoms with Gasteiger partial charge in [-0.15, -0.1) is 0 Å². The summed E-state index contributed by atoms with van der Waals surface area (Å²) in [5.74, 6) is -0.0730. The third-order valence-electron chi connectivity index (χ3n) is 3.61. The van der Waals surface area contributed by atoms with Crippen molar-refractivity contribution in [1.82, 2.24) is 9.88 Å². The summed E-state index contributed by atoms with van der Waals surface area (Å²) in [4.78, 5) is 12.3. The zero-order valence-corrected chi connectivity index (χ0v) is 13.8. The lowest BCUT2D eigenvalue weighted by molar-refractivity contribution is 0.0931. The van der Waals surface area contributed by atoms with Crippen molar-refractivity contribution in [1.29, 1.82) is 0 Å². The molecular formula is C14H24BrN3O. The first-order valence-corrected chi connectivity index (χ1v) is 7.56. The summed E-state index contributed by atoms with van der Waals surface area (Å²) in [5, 5.41) is 2.94. The Hall–Kier alpha value is -0.810. The second kappa shape index (κ2) is 6.57. The van der Waals surface area contributed by atoms with Gasteiger partial charge in [-0.05, 0) is 48.7 Å². The minimum absolute atomic E-state index is 0.0730. The average molecular weight is 330 g/mol. The van der Waals surface area contributed by atoms with E-state index in [9.17, 15) is 4.79 Å². The van der Waals surface area contributed by atoms with Crippen LogP contribution in [0.3, 0.4) is 0 Å². The van der Waals surface area contributed by atoms with Crippen LogP contribution in [0.15, 0.2) is 16.7 Å². The fourth-order valence-corrected chi connectivity index (χ4v) is 2.34. The Morgan fingerprint density at radius 3 is 2.53 bits per heavy atom. The van der Waals surface area contributed by atoms with E-state index in [1.165, 1.54) is 0 Å². The molecule has 0 aliphatic rings. The molecule has 1 aromatic rings. The molecular weight excluding hydrogens is 306 g/mol. The number of amides is 1. The molecule has 0 unspecified atom stereocenters. The van der Waals surface area contributed by atoms with Crippen molar-refractivity contribution in [2.45, 2.75) is 52.1 Å². The molecule has 4 nitrogen and oxygen atoms in total. The Kier molecular flexibility index (Phi) is 5.62. The van der Waals surface area contributed by atoms with Crippen LogP contribution in [-0.2, 0) is 0 Å². The maximum absolute atomic E-state index is 12.3. The van der Waals surface area contributed by atoms with Gasteiger partial charge in [0.2, 0.25) is 0 Å². The molecule has 3 N–H and O–H groups in total. The standard InChI is InChI=1S/C14H24BrN3O/c1-5-14(16,6-2)9-17-13(19)12-7-11(15)8-18(12)10(3)4/h7-8,10H,5-6,9,16H2,1-4H3,(H,17,19). The maximum atomic E-state index is 12.3. The number of aromatic nitrogens is 1. The van der Waals surface area contributed by atoms with Gasteiger partial charge in [0.1, 0.15) is 5.69 Å². The number of hydrogen-bond donors (Lipinski definition) is 2. The lowest BCUT2D eigenvalue weighted by Gasteiger charge is -2.27. The second-order valence-corrected chi connectivity index (χ2v) is 6.21. The Bertz CT molecular complexity index is 436. The first-order chi connectivity index (χ1) is 8.83. The van der Waals surface area contributed by atoms with Crippen molar-refractivity contribution in [2.75, 3.05) is 6.54 Å². The SMILES string of the molecule is CCC(N)(CC)CNC(=O)c1cc(Br)cn1C(C)C. The average Bonchev–Trinajstić information content (AvgIpc) is 2.78. The molecule has 0 saturated carbocycles. The highest BCUT2D eigenvalue weighted by Gasteiger charge is 2.22. The van der Waals surface area contributed by atoms with Gasteiger partial charge in [-0.3, -0.25) is 4.79 Å². The van der Waals surface area contributed by atoms with E-state index in [2.05, 4.69) is 35.1 Å². The molecule has 0 atom stereocenters. The largest absolute Gasteiger partial charge is 0.349 e. The number of hydrogen-bond acceptors (Lipinski definition) is 2. The molecule has 0 aliphatic carbocycles. The van der Waals surface area contributed by atoms with E-state index in [1.54, 1.807) is 0 Å². The summed E-state index contributed by atoms with van der Waals surface area (Å²) in [6.45, 7) is 8.69. The molecule has 0 radical (unpaired) electrons. The summed E-state index contributed by atoms with van der Waals surface area (Å²) in [6, 6.07) is 2.08. The molecule has 1 heterocycles. The summed E-state index contributed by atoms with van der Waals surface area (Å²) >= 11 is 3.41. The van der Waals surface area contributed by atoms with Crippen molar-refractivity contribution >= 4 is 21.8 Å². The lowest BCUT2D eigenvalue weighted by atomic mass is 9.94. The number of nitrogens with two attached hydrogens (primary N) is 1. The number of halogens is 1. The second-order valence-electron chi connectivity index (χ2n) is 5.30. The van der Waals surface area contributed by atoms with Crippen molar-refractivity contribution in [3.63, 3.8) is 0 Å². The Balaban J connectivity index is 2.79. The molecule has 19 heavy (non-hydrogen) atoms. The van der Waals surface area contributed by atoms with Gasteiger partial charge in [0.15, 0.2) is 0 Å². The monoisotopic (exact) mass is 329 g/mol. The minimum Gasteiger partial charge on any atom is -0.349 e. The highest BCUT2D eigenvalue weighted by molar-refractivity contribution is 9.10. The quantitative estimate of drug-likeness (QED) is 0.842. The fraction of sp³-hybridized carbons (Fsp3) is 0.643. The van der Waals surface area contributed by atoms with Crippen molar-refractivity contribution < 1.29 is 4.79 Å². The van der Waals surface area contributed by atoms with Gasteiger partial charge in [-0.25, -0.2) is 0 Å². The zero-order valence-electron chi connectivity index (χ0n) is 12.2. The molecule has 1 rings (SSSR count). The van der Waals surface area contributed by atoms with Gasteiger partial charge in [-0.2, -0.15) is 0 Å². The predicted octanol–water partition coefficient (Wildman–Crippen LogP) is 3.08. The summed E-state index contributed by atoms with van der Waals surface area (Å²) in [5.41, 5.74) is 6.54. The van der Waals surface area contributed by atoms with Crippen LogP contribution >= 0.6 is 15.9 Å². The smallest absolute Gasteiger partial charge is 0.268 e. The molecule has 0 fully saturated rings. The molecule has 0 aliphatic heterocycles. The lowest BCUT2D eigenvalue weighted by Crippen LogP contribution is -2.49. The number of carbonyl (C=O) groups excluding carboxylic acids is 1. The summed E-state index contributed by atoms with van der Waals surface area (Å²) < 4.78 is 2.87. The van der Waals surface area contributed by atoms with Crippen LogP contribution in [0, 0.1) is 0 Å². The summed E-state index contributed by atoms with van der Waals surface area (Å²) in [7, 11) is 0.